The standard InChI is InChI=1S/C22H24N2O3/c25-21(15-2-1-3-15)23-18-8-6-14(7-9-18)20-12-17-13-24(11-10-19(17)27-20)22(26)16-4-5-16/h6-9,12,15-16H,1-5,10-11,13H2,(H,23,25). The van der Waals surface area contributed by atoms with Crippen LogP contribution >= 0.6 is 0 Å². The molecule has 1 aliphatic heterocycles. The molecule has 2 saturated carbocycles. The number of furan rings is 1. The zero-order chi connectivity index (χ0) is 18.4. The fourth-order valence-corrected chi connectivity index (χ4v) is 3.88. The molecule has 0 saturated heterocycles. The second-order valence-corrected chi connectivity index (χ2v) is 8.04. The molecule has 2 aromatic rings. The van der Waals surface area contributed by atoms with Crippen LogP contribution in [-0.4, -0.2) is 23.3 Å². The van der Waals surface area contributed by atoms with Gasteiger partial charge in [0.2, 0.25) is 11.8 Å². The van der Waals surface area contributed by atoms with Crippen LogP contribution in [0.5, 0.6) is 0 Å². The van der Waals surface area contributed by atoms with Gasteiger partial charge in [0.15, 0.2) is 0 Å². The molecule has 3 aliphatic rings. The van der Waals surface area contributed by atoms with E-state index in [2.05, 4.69) is 11.4 Å². The molecule has 2 aliphatic carbocycles. The summed E-state index contributed by atoms with van der Waals surface area (Å²) in [5.41, 5.74) is 2.94. The van der Waals surface area contributed by atoms with Crippen molar-refractivity contribution in [3.63, 3.8) is 0 Å². The summed E-state index contributed by atoms with van der Waals surface area (Å²) in [6.07, 6.45) is 6.03. The first-order valence-corrected chi connectivity index (χ1v) is 9.99. The highest BCUT2D eigenvalue weighted by Gasteiger charge is 2.35. The van der Waals surface area contributed by atoms with Crippen LogP contribution in [0.1, 0.15) is 43.4 Å². The minimum absolute atomic E-state index is 0.128. The Morgan fingerprint density at radius 3 is 2.48 bits per heavy atom. The van der Waals surface area contributed by atoms with Crippen LogP contribution in [0, 0.1) is 11.8 Å². The number of hydrogen-bond donors (Lipinski definition) is 1. The second kappa shape index (κ2) is 6.55. The minimum Gasteiger partial charge on any atom is -0.461 e. The molecule has 0 unspecified atom stereocenters. The van der Waals surface area contributed by atoms with Crippen LogP contribution in [-0.2, 0) is 22.6 Å². The lowest BCUT2D eigenvalue weighted by Gasteiger charge is -2.26. The van der Waals surface area contributed by atoms with Gasteiger partial charge in [0.1, 0.15) is 11.5 Å². The Morgan fingerprint density at radius 2 is 1.81 bits per heavy atom. The SMILES string of the molecule is O=C(Nc1ccc(-c2cc3c(o2)CCN(C(=O)C2CC2)C3)cc1)C1CCC1. The predicted octanol–water partition coefficient (Wildman–Crippen LogP) is 3.98. The van der Waals surface area contributed by atoms with Gasteiger partial charge in [0.05, 0.1) is 0 Å². The molecule has 1 aromatic carbocycles. The van der Waals surface area contributed by atoms with Crippen LogP contribution < -0.4 is 5.32 Å². The van der Waals surface area contributed by atoms with Gasteiger partial charge in [-0.15, -0.1) is 0 Å². The molecule has 5 heteroatoms. The van der Waals surface area contributed by atoms with E-state index in [4.69, 9.17) is 4.42 Å². The van der Waals surface area contributed by atoms with E-state index in [0.29, 0.717) is 12.5 Å². The third-order valence-electron chi connectivity index (χ3n) is 6.02. The van der Waals surface area contributed by atoms with E-state index < -0.39 is 0 Å². The normalized spacial score (nSPS) is 19.3. The Labute approximate surface area is 158 Å². The van der Waals surface area contributed by atoms with Gasteiger partial charge in [0, 0.05) is 48.2 Å². The van der Waals surface area contributed by atoms with E-state index >= 15 is 0 Å². The number of nitrogens with one attached hydrogen (secondary N) is 1. The first-order chi connectivity index (χ1) is 13.2. The summed E-state index contributed by atoms with van der Waals surface area (Å²) < 4.78 is 6.06. The number of carbonyl (C=O) groups excluding carboxylic acids is 2. The number of fused-ring (bicyclic) bond motifs is 1. The van der Waals surface area contributed by atoms with Crippen LogP contribution in [0.4, 0.5) is 5.69 Å². The van der Waals surface area contributed by atoms with Crippen molar-refractivity contribution in [2.75, 3.05) is 11.9 Å². The minimum atomic E-state index is 0.128. The predicted molar refractivity (Wildman–Crippen MR) is 102 cm³/mol. The molecule has 0 bridgehead atoms. The summed E-state index contributed by atoms with van der Waals surface area (Å²) in [6.45, 7) is 1.41. The van der Waals surface area contributed by atoms with Crippen molar-refractivity contribution in [2.24, 2.45) is 11.8 Å². The topological polar surface area (TPSA) is 62.6 Å². The van der Waals surface area contributed by atoms with Crippen LogP contribution in [0.15, 0.2) is 34.7 Å². The quantitative estimate of drug-likeness (QED) is 0.893. The molecule has 5 nitrogen and oxygen atoms in total. The molecule has 2 heterocycles. The summed E-state index contributed by atoms with van der Waals surface area (Å²) in [7, 11) is 0. The fraction of sp³-hybridized carbons (Fsp3) is 0.455. The summed E-state index contributed by atoms with van der Waals surface area (Å²) in [4.78, 5) is 26.3. The molecule has 5 rings (SSSR count). The number of amides is 2. The highest BCUT2D eigenvalue weighted by Crippen LogP contribution is 2.35. The molecule has 0 spiro atoms. The molecule has 140 valence electrons. The Morgan fingerprint density at radius 1 is 1.04 bits per heavy atom. The van der Waals surface area contributed by atoms with Gasteiger partial charge in [-0.1, -0.05) is 6.42 Å². The Kier molecular flexibility index (Phi) is 4.03. The van der Waals surface area contributed by atoms with E-state index in [9.17, 15) is 9.59 Å². The van der Waals surface area contributed by atoms with Gasteiger partial charge >= 0.3 is 0 Å². The first kappa shape index (κ1) is 16.6. The smallest absolute Gasteiger partial charge is 0.227 e. The molecular formula is C22H24N2O3. The number of rotatable bonds is 4. The molecule has 1 aromatic heterocycles. The van der Waals surface area contributed by atoms with Gasteiger partial charge in [0.25, 0.3) is 0 Å². The zero-order valence-corrected chi connectivity index (χ0v) is 15.4. The molecule has 27 heavy (non-hydrogen) atoms. The lowest BCUT2D eigenvalue weighted by molar-refractivity contribution is -0.133. The summed E-state index contributed by atoms with van der Waals surface area (Å²) in [5.74, 6) is 2.70. The van der Waals surface area contributed by atoms with Crippen molar-refractivity contribution in [3.05, 3.63) is 41.7 Å². The lowest BCUT2D eigenvalue weighted by atomic mass is 9.85. The van der Waals surface area contributed by atoms with E-state index in [1.807, 2.05) is 29.2 Å². The van der Waals surface area contributed by atoms with Crippen molar-refractivity contribution in [1.29, 1.82) is 0 Å². The van der Waals surface area contributed by atoms with Gasteiger partial charge in [-0.25, -0.2) is 0 Å². The highest BCUT2D eigenvalue weighted by atomic mass is 16.3. The largest absolute Gasteiger partial charge is 0.461 e. The van der Waals surface area contributed by atoms with E-state index in [1.165, 1.54) is 0 Å². The highest BCUT2D eigenvalue weighted by molar-refractivity contribution is 5.93. The van der Waals surface area contributed by atoms with Crippen molar-refractivity contribution in [2.45, 2.75) is 45.1 Å². The fourth-order valence-electron chi connectivity index (χ4n) is 3.88. The number of anilines is 1. The van der Waals surface area contributed by atoms with Crippen LogP contribution in [0.2, 0.25) is 0 Å². The lowest BCUT2D eigenvalue weighted by Crippen LogP contribution is -2.36. The number of nitrogens with zero attached hydrogens (tertiary/aromatic N) is 1. The second-order valence-electron chi connectivity index (χ2n) is 8.04. The Bertz CT molecular complexity index is 875. The van der Waals surface area contributed by atoms with Crippen LogP contribution in [0.3, 0.4) is 0 Å². The van der Waals surface area contributed by atoms with E-state index in [0.717, 1.165) is 73.4 Å². The summed E-state index contributed by atoms with van der Waals surface area (Å²) >= 11 is 0. The number of carbonyl (C=O) groups is 2. The van der Waals surface area contributed by atoms with Crippen molar-refractivity contribution in [3.8, 4) is 11.3 Å². The summed E-state index contributed by atoms with van der Waals surface area (Å²) in [6, 6.07) is 9.87. The van der Waals surface area contributed by atoms with Gasteiger partial charge in [-0.05, 0) is 56.0 Å². The summed E-state index contributed by atoms with van der Waals surface area (Å²) in [5, 5.41) is 2.99. The molecular weight excluding hydrogens is 340 g/mol. The number of hydrogen-bond acceptors (Lipinski definition) is 3. The van der Waals surface area contributed by atoms with Crippen molar-refractivity contribution < 1.29 is 14.0 Å². The number of benzene rings is 1. The average molecular weight is 364 g/mol. The van der Waals surface area contributed by atoms with Gasteiger partial charge < -0.3 is 14.6 Å². The van der Waals surface area contributed by atoms with E-state index in [-0.39, 0.29) is 17.7 Å². The Balaban J connectivity index is 1.28. The third kappa shape index (κ3) is 3.27. The van der Waals surface area contributed by atoms with Gasteiger partial charge in [-0.3, -0.25) is 9.59 Å². The molecule has 2 fully saturated rings. The van der Waals surface area contributed by atoms with Crippen molar-refractivity contribution >= 4 is 17.5 Å². The Hall–Kier alpha value is -2.56. The molecule has 1 N–H and O–H groups in total. The average Bonchev–Trinajstić information content (AvgIpc) is 3.38. The maximum Gasteiger partial charge on any atom is 0.227 e. The zero-order valence-electron chi connectivity index (χ0n) is 15.4. The van der Waals surface area contributed by atoms with E-state index in [1.54, 1.807) is 0 Å². The molecule has 0 radical (unpaired) electrons. The molecule has 0 atom stereocenters. The maximum absolute atomic E-state index is 12.3. The monoisotopic (exact) mass is 364 g/mol. The maximum atomic E-state index is 12.3. The van der Waals surface area contributed by atoms with Crippen molar-refractivity contribution in [1.82, 2.24) is 4.90 Å². The van der Waals surface area contributed by atoms with Crippen LogP contribution in [0.25, 0.3) is 11.3 Å². The molecule has 2 amide bonds. The van der Waals surface area contributed by atoms with Gasteiger partial charge in [-0.2, -0.15) is 0 Å². The third-order valence-corrected chi connectivity index (χ3v) is 6.02. The first-order valence-electron chi connectivity index (χ1n) is 9.99.